The Bertz CT molecular complexity index is 518. The van der Waals surface area contributed by atoms with Gasteiger partial charge in [-0.2, -0.15) is 0 Å². The summed E-state index contributed by atoms with van der Waals surface area (Å²) in [5.74, 6) is 0.482. The summed E-state index contributed by atoms with van der Waals surface area (Å²) in [6.45, 7) is 13.0. The largest absolute Gasteiger partial charge is 0.394 e. The van der Waals surface area contributed by atoms with Crippen molar-refractivity contribution in [1.29, 1.82) is 0 Å². The van der Waals surface area contributed by atoms with Crippen LogP contribution in [0.1, 0.15) is 38.3 Å². The molecule has 0 amide bonds. The molecule has 0 saturated heterocycles. The third-order valence-corrected chi connectivity index (χ3v) is 3.51. The average Bonchev–Trinajstić information content (AvgIpc) is 2.42. The van der Waals surface area contributed by atoms with E-state index in [9.17, 15) is 0 Å². The van der Waals surface area contributed by atoms with E-state index in [1.165, 1.54) is 22.3 Å². The number of hydrogen-bond donors (Lipinski definition) is 1. The highest BCUT2D eigenvalue weighted by Gasteiger charge is 2.10. The Morgan fingerprint density at radius 1 is 1.30 bits per heavy atom. The van der Waals surface area contributed by atoms with Gasteiger partial charge in [-0.05, 0) is 53.3 Å². The molecule has 1 rings (SSSR count). The van der Waals surface area contributed by atoms with Crippen LogP contribution < -0.4 is 5.32 Å². The Labute approximate surface area is 124 Å². The predicted octanol–water partition coefficient (Wildman–Crippen LogP) is 5.10. The fourth-order valence-corrected chi connectivity index (χ4v) is 2.39. The van der Waals surface area contributed by atoms with Gasteiger partial charge in [0.15, 0.2) is 0 Å². The molecule has 0 unspecified atom stereocenters. The number of rotatable bonds is 6. The van der Waals surface area contributed by atoms with Crippen molar-refractivity contribution in [2.45, 2.75) is 34.1 Å². The second-order valence-corrected chi connectivity index (χ2v) is 5.41. The normalized spacial score (nSPS) is 12.7. The molecule has 0 spiro atoms. The molecule has 0 heterocycles. The van der Waals surface area contributed by atoms with Crippen molar-refractivity contribution in [3.63, 3.8) is 0 Å². The van der Waals surface area contributed by atoms with E-state index >= 15 is 0 Å². The van der Waals surface area contributed by atoms with Crippen molar-refractivity contribution < 1.29 is 0 Å². The minimum atomic E-state index is 0.482. The van der Waals surface area contributed by atoms with E-state index in [-0.39, 0.29) is 0 Å². The molecule has 0 aliphatic rings. The van der Waals surface area contributed by atoms with Crippen LogP contribution in [0.15, 0.2) is 54.3 Å². The maximum Gasteiger partial charge on any atom is 0.00278 e. The summed E-state index contributed by atoms with van der Waals surface area (Å²) in [7, 11) is 1.95. The number of allylic oxidation sites excluding steroid dienone is 4. The molecule has 1 aromatic rings. The third kappa shape index (κ3) is 4.12. The first-order valence-corrected chi connectivity index (χ1v) is 7.34. The number of nitrogens with one attached hydrogen (secondary N) is 1. The lowest BCUT2D eigenvalue weighted by Gasteiger charge is -2.16. The Morgan fingerprint density at radius 2 is 1.95 bits per heavy atom. The van der Waals surface area contributed by atoms with Crippen LogP contribution in [0.25, 0.3) is 5.57 Å². The lowest BCUT2D eigenvalue weighted by atomic mass is 9.90. The average molecular weight is 269 g/mol. The highest BCUT2D eigenvalue weighted by atomic mass is 14.8. The summed E-state index contributed by atoms with van der Waals surface area (Å²) >= 11 is 0. The SMILES string of the molecule is C=C(/C=C(\C(=C/NC)CC)C(C)C)c1ccccc1C. The number of aryl methyl sites for hydroxylation is 1. The quantitative estimate of drug-likeness (QED) is 0.708. The fourth-order valence-electron chi connectivity index (χ4n) is 2.39. The molecule has 0 aliphatic heterocycles. The first-order chi connectivity index (χ1) is 9.51. The van der Waals surface area contributed by atoms with Crippen molar-refractivity contribution in [3.05, 3.63) is 65.4 Å². The van der Waals surface area contributed by atoms with Crippen LogP contribution in [0.2, 0.25) is 0 Å². The zero-order valence-corrected chi connectivity index (χ0v) is 13.5. The van der Waals surface area contributed by atoms with Gasteiger partial charge in [0, 0.05) is 7.05 Å². The van der Waals surface area contributed by atoms with Crippen molar-refractivity contribution >= 4 is 5.57 Å². The van der Waals surface area contributed by atoms with Gasteiger partial charge in [-0.15, -0.1) is 0 Å². The van der Waals surface area contributed by atoms with Gasteiger partial charge in [0.05, 0.1) is 0 Å². The van der Waals surface area contributed by atoms with Crippen LogP contribution in [0.5, 0.6) is 0 Å². The lowest BCUT2D eigenvalue weighted by molar-refractivity contribution is 0.763. The Hall–Kier alpha value is -1.76. The Balaban J connectivity index is 3.18. The van der Waals surface area contributed by atoms with Gasteiger partial charge >= 0.3 is 0 Å². The second-order valence-electron chi connectivity index (χ2n) is 5.41. The molecule has 20 heavy (non-hydrogen) atoms. The number of benzene rings is 1. The molecule has 0 radical (unpaired) electrons. The summed E-state index contributed by atoms with van der Waals surface area (Å²) in [6, 6.07) is 8.41. The van der Waals surface area contributed by atoms with Crippen molar-refractivity contribution in [2.75, 3.05) is 7.05 Å². The molecule has 1 nitrogen and oxygen atoms in total. The third-order valence-electron chi connectivity index (χ3n) is 3.51. The van der Waals surface area contributed by atoms with Gasteiger partial charge in [0.2, 0.25) is 0 Å². The van der Waals surface area contributed by atoms with E-state index in [1.54, 1.807) is 0 Å². The molecule has 0 atom stereocenters. The van der Waals surface area contributed by atoms with Gasteiger partial charge in [0.1, 0.15) is 0 Å². The standard InChI is InChI=1S/C19H27N/c1-7-17(13-20-6)19(14(2)3)12-16(5)18-11-9-8-10-15(18)4/h8-14,20H,5,7H2,1-4,6H3/b17-13-,19-12-. The van der Waals surface area contributed by atoms with Crippen LogP contribution in [-0.4, -0.2) is 7.05 Å². The topological polar surface area (TPSA) is 12.0 Å². The van der Waals surface area contributed by atoms with Crippen LogP contribution in [0, 0.1) is 12.8 Å². The van der Waals surface area contributed by atoms with Gasteiger partial charge < -0.3 is 5.32 Å². The second kappa shape index (κ2) is 7.74. The van der Waals surface area contributed by atoms with Gasteiger partial charge in [-0.25, -0.2) is 0 Å². The van der Waals surface area contributed by atoms with E-state index in [0.29, 0.717) is 5.92 Å². The minimum Gasteiger partial charge on any atom is -0.394 e. The van der Waals surface area contributed by atoms with Gasteiger partial charge in [-0.1, -0.05) is 57.7 Å². The fraction of sp³-hybridized carbons (Fsp3) is 0.368. The molecule has 0 aliphatic carbocycles. The summed E-state index contributed by atoms with van der Waals surface area (Å²) in [5, 5.41) is 3.15. The molecule has 1 N–H and O–H groups in total. The van der Waals surface area contributed by atoms with Gasteiger partial charge in [0.25, 0.3) is 0 Å². The molecular formula is C19H27N. The number of hydrogen-bond acceptors (Lipinski definition) is 1. The highest BCUT2D eigenvalue weighted by Crippen LogP contribution is 2.27. The van der Waals surface area contributed by atoms with E-state index in [1.807, 2.05) is 7.05 Å². The van der Waals surface area contributed by atoms with E-state index < -0.39 is 0 Å². The van der Waals surface area contributed by atoms with Crippen LogP contribution in [0.4, 0.5) is 0 Å². The van der Waals surface area contributed by atoms with Crippen molar-refractivity contribution in [3.8, 4) is 0 Å². The summed E-state index contributed by atoms with van der Waals surface area (Å²) < 4.78 is 0. The van der Waals surface area contributed by atoms with Crippen LogP contribution >= 0.6 is 0 Å². The van der Waals surface area contributed by atoms with Crippen molar-refractivity contribution in [1.82, 2.24) is 5.32 Å². The lowest BCUT2D eigenvalue weighted by Crippen LogP contribution is -2.03. The molecule has 1 heteroatoms. The minimum absolute atomic E-state index is 0.482. The van der Waals surface area contributed by atoms with Crippen LogP contribution in [-0.2, 0) is 0 Å². The zero-order valence-electron chi connectivity index (χ0n) is 13.5. The highest BCUT2D eigenvalue weighted by molar-refractivity contribution is 5.75. The maximum atomic E-state index is 4.26. The van der Waals surface area contributed by atoms with E-state index in [0.717, 1.165) is 12.0 Å². The summed E-state index contributed by atoms with van der Waals surface area (Å²) in [6.07, 6.45) is 5.35. The summed E-state index contributed by atoms with van der Waals surface area (Å²) in [5.41, 5.74) is 6.28. The molecule has 0 bridgehead atoms. The van der Waals surface area contributed by atoms with Crippen molar-refractivity contribution in [2.24, 2.45) is 5.92 Å². The van der Waals surface area contributed by atoms with E-state index in [2.05, 4.69) is 76.1 Å². The molecule has 108 valence electrons. The monoisotopic (exact) mass is 269 g/mol. The predicted molar refractivity (Wildman–Crippen MR) is 90.6 cm³/mol. The summed E-state index contributed by atoms with van der Waals surface area (Å²) in [4.78, 5) is 0. The molecular weight excluding hydrogens is 242 g/mol. The zero-order chi connectivity index (χ0) is 15.1. The molecule has 1 aromatic carbocycles. The Kier molecular flexibility index (Phi) is 6.30. The molecule has 0 aromatic heterocycles. The Morgan fingerprint density at radius 3 is 2.45 bits per heavy atom. The smallest absolute Gasteiger partial charge is 0.00278 e. The van der Waals surface area contributed by atoms with Gasteiger partial charge in [-0.3, -0.25) is 0 Å². The van der Waals surface area contributed by atoms with E-state index in [4.69, 9.17) is 0 Å². The first-order valence-electron chi connectivity index (χ1n) is 7.34. The molecule has 0 saturated carbocycles. The van der Waals surface area contributed by atoms with Crippen LogP contribution in [0.3, 0.4) is 0 Å². The first kappa shape index (κ1) is 16.3. The molecule has 0 fully saturated rings. The maximum absolute atomic E-state index is 4.26.